The molecule has 0 aliphatic heterocycles. The summed E-state index contributed by atoms with van der Waals surface area (Å²) in [6.45, 7) is 1.90. The highest BCUT2D eigenvalue weighted by Gasteiger charge is 2.09. The van der Waals surface area contributed by atoms with Gasteiger partial charge in [0.25, 0.3) is 0 Å². The fraction of sp³-hybridized carbons (Fsp3) is 0.0909. The maximum atomic E-state index is 10.7. The molecule has 16 heavy (non-hydrogen) atoms. The standard InChI is InChI=1S/C11H11N3O2/c1-6-4-14-10(12)3-8(6)7-2-9(11(15)16)13-5-7/h2-5,13H,1H3,(H2,12,14)(H,15,16). The minimum atomic E-state index is -0.981. The lowest BCUT2D eigenvalue weighted by atomic mass is 10.1. The molecule has 82 valence electrons. The first-order valence-corrected chi connectivity index (χ1v) is 4.72. The number of hydrogen-bond donors (Lipinski definition) is 3. The zero-order valence-electron chi connectivity index (χ0n) is 8.69. The normalized spacial score (nSPS) is 10.3. The number of aromatic amines is 1. The first-order chi connectivity index (χ1) is 7.58. The molecule has 0 aliphatic carbocycles. The topological polar surface area (TPSA) is 92.0 Å². The van der Waals surface area contributed by atoms with Crippen LogP contribution in [-0.4, -0.2) is 21.0 Å². The van der Waals surface area contributed by atoms with Crippen LogP contribution in [0.25, 0.3) is 11.1 Å². The number of aromatic carboxylic acids is 1. The molecule has 2 rings (SSSR count). The molecular weight excluding hydrogens is 206 g/mol. The summed E-state index contributed by atoms with van der Waals surface area (Å²) < 4.78 is 0. The zero-order chi connectivity index (χ0) is 11.7. The molecule has 0 spiro atoms. The number of nitrogens with zero attached hydrogens (tertiary/aromatic N) is 1. The summed E-state index contributed by atoms with van der Waals surface area (Å²) in [7, 11) is 0. The Labute approximate surface area is 91.9 Å². The molecule has 0 atom stereocenters. The summed E-state index contributed by atoms with van der Waals surface area (Å²) in [5, 5.41) is 8.80. The van der Waals surface area contributed by atoms with Crippen molar-refractivity contribution < 1.29 is 9.90 Å². The first kappa shape index (κ1) is 10.2. The summed E-state index contributed by atoms with van der Waals surface area (Å²) in [4.78, 5) is 17.4. The van der Waals surface area contributed by atoms with Gasteiger partial charge in [0.2, 0.25) is 0 Å². The van der Waals surface area contributed by atoms with E-state index in [1.807, 2.05) is 6.92 Å². The van der Waals surface area contributed by atoms with Crippen LogP contribution < -0.4 is 5.73 Å². The third-order valence-corrected chi connectivity index (χ3v) is 2.35. The van der Waals surface area contributed by atoms with Crippen molar-refractivity contribution in [3.63, 3.8) is 0 Å². The summed E-state index contributed by atoms with van der Waals surface area (Å²) in [5.74, 6) is -0.565. The van der Waals surface area contributed by atoms with Crippen LogP contribution in [0.1, 0.15) is 16.1 Å². The van der Waals surface area contributed by atoms with Crippen LogP contribution in [0.3, 0.4) is 0 Å². The highest BCUT2D eigenvalue weighted by atomic mass is 16.4. The Morgan fingerprint density at radius 3 is 2.88 bits per heavy atom. The number of H-pyrrole nitrogens is 1. The molecule has 0 bridgehead atoms. The van der Waals surface area contributed by atoms with Crippen LogP contribution in [0.5, 0.6) is 0 Å². The Kier molecular flexibility index (Phi) is 2.36. The monoisotopic (exact) mass is 217 g/mol. The molecular formula is C11H11N3O2. The number of carboxylic acids is 1. The Hall–Kier alpha value is -2.30. The van der Waals surface area contributed by atoms with Gasteiger partial charge in [0, 0.05) is 18.0 Å². The number of nitrogens with two attached hydrogens (primary N) is 1. The van der Waals surface area contributed by atoms with Crippen molar-refractivity contribution in [3.8, 4) is 11.1 Å². The molecule has 4 N–H and O–H groups in total. The van der Waals surface area contributed by atoms with Crippen LogP contribution in [0.2, 0.25) is 0 Å². The Balaban J connectivity index is 2.50. The van der Waals surface area contributed by atoms with E-state index in [-0.39, 0.29) is 5.69 Å². The second kappa shape index (κ2) is 3.69. The molecule has 5 heteroatoms. The largest absolute Gasteiger partial charge is 0.477 e. The minimum absolute atomic E-state index is 0.157. The molecule has 2 aromatic rings. The predicted molar refractivity (Wildman–Crippen MR) is 60.1 cm³/mol. The number of pyridine rings is 1. The van der Waals surface area contributed by atoms with E-state index in [9.17, 15) is 4.79 Å². The van der Waals surface area contributed by atoms with Gasteiger partial charge < -0.3 is 15.8 Å². The number of nitrogen functional groups attached to an aromatic ring is 1. The zero-order valence-corrected chi connectivity index (χ0v) is 8.69. The van der Waals surface area contributed by atoms with Gasteiger partial charge in [0.15, 0.2) is 0 Å². The molecule has 5 nitrogen and oxygen atoms in total. The molecule has 0 aliphatic rings. The van der Waals surface area contributed by atoms with Crippen molar-refractivity contribution in [2.24, 2.45) is 0 Å². The quantitative estimate of drug-likeness (QED) is 0.713. The number of nitrogens with one attached hydrogen (secondary N) is 1. The van der Waals surface area contributed by atoms with Gasteiger partial charge in [-0.1, -0.05) is 0 Å². The minimum Gasteiger partial charge on any atom is -0.477 e. The molecule has 2 aromatic heterocycles. The van der Waals surface area contributed by atoms with Gasteiger partial charge >= 0.3 is 5.97 Å². The van der Waals surface area contributed by atoms with Gasteiger partial charge in [-0.05, 0) is 30.2 Å². The van der Waals surface area contributed by atoms with E-state index in [1.165, 1.54) is 0 Å². The van der Waals surface area contributed by atoms with Crippen molar-refractivity contribution in [2.45, 2.75) is 6.92 Å². The van der Waals surface area contributed by atoms with E-state index in [2.05, 4.69) is 9.97 Å². The summed E-state index contributed by atoms with van der Waals surface area (Å²) in [5.41, 5.74) is 8.38. The average molecular weight is 217 g/mol. The van der Waals surface area contributed by atoms with Crippen LogP contribution >= 0.6 is 0 Å². The third-order valence-electron chi connectivity index (χ3n) is 2.35. The van der Waals surface area contributed by atoms with Gasteiger partial charge in [-0.25, -0.2) is 9.78 Å². The summed E-state index contributed by atoms with van der Waals surface area (Å²) in [6, 6.07) is 3.30. The Morgan fingerprint density at radius 2 is 2.25 bits per heavy atom. The lowest BCUT2D eigenvalue weighted by Gasteiger charge is -2.03. The predicted octanol–water partition coefficient (Wildman–Crippen LogP) is 1.67. The van der Waals surface area contributed by atoms with Gasteiger partial charge in [0.05, 0.1) is 0 Å². The van der Waals surface area contributed by atoms with Crippen LogP contribution in [-0.2, 0) is 0 Å². The Bertz CT molecular complexity index is 546. The maximum Gasteiger partial charge on any atom is 0.352 e. The molecule has 0 unspecified atom stereocenters. The van der Waals surface area contributed by atoms with Crippen LogP contribution in [0.4, 0.5) is 5.82 Å². The van der Waals surface area contributed by atoms with E-state index >= 15 is 0 Å². The van der Waals surface area contributed by atoms with Gasteiger partial charge in [-0.15, -0.1) is 0 Å². The fourth-order valence-corrected chi connectivity index (χ4v) is 1.52. The van der Waals surface area contributed by atoms with E-state index < -0.39 is 5.97 Å². The molecule has 0 saturated heterocycles. The van der Waals surface area contributed by atoms with Crippen molar-refractivity contribution in [1.29, 1.82) is 0 Å². The summed E-state index contributed by atoms with van der Waals surface area (Å²) >= 11 is 0. The molecule has 0 saturated carbocycles. The van der Waals surface area contributed by atoms with Gasteiger partial charge in [-0.3, -0.25) is 0 Å². The second-order valence-corrected chi connectivity index (χ2v) is 3.53. The van der Waals surface area contributed by atoms with Crippen molar-refractivity contribution >= 4 is 11.8 Å². The van der Waals surface area contributed by atoms with Crippen LogP contribution in [0, 0.1) is 6.92 Å². The number of hydrogen-bond acceptors (Lipinski definition) is 3. The smallest absolute Gasteiger partial charge is 0.352 e. The lowest BCUT2D eigenvalue weighted by molar-refractivity contribution is 0.0691. The molecule has 0 amide bonds. The number of carboxylic acid groups (broad SMARTS) is 1. The molecule has 0 radical (unpaired) electrons. The van der Waals surface area contributed by atoms with Gasteiger partial charge in [0.1, 0.15) is 11.5 Å². The molecule has 0 fully saturated rings. The van der Waals surface area contributed by atoms with E-state index in [0.29, 0.717) is 5.82 Å². The number of carbonyl (C=O) groups is 1. The van der Waals surface area contributed by atoms with Crippen molar-refractivity contribution in [2.75, 3.05) is 5.73 Å². The number of aryl methyl sites for hydroxylation is 1. The van der Waals surface area contributed by atoms with E-state index in [0.717, 1.165) is 16.7 Å². The number of anilines is 1. The fourth-order valence-electron chi connectivity index (χ4n) is 1.52. The van der Waals surface area contributed by atoms with Gasteiger partial charge in [-0.2, -0.15) is 0 Å². The lowest BCUT2D eigenvalue weighted by Crippen LogP contribution is -1.94. The Morgan fingerprint density at radius 1 is 1.50 bits per heavy atom. The highest BCUT2D eigenvalue weighted by molar-refractivity contribution is 5.88. The second-order valence-electron chi connectivity index (χ2n) is 3.53. The summed E-state index contributed by atoms with van der Waals surface area (Å²) in [6.07, 6.45) is 3.31. The molecule has 2 heterocycles. The van der Waals surface area contributed by atoms with E-state index in [1.54, 1.807) is 24.5 Å². The van der Waals surface area contributed by atoms with Crippen molar-refractivity contribution in [1.82, 2.24) is 9.97 Å². The van der Waals surface area contributed by atoms with E-state index in [4.69, 9.17) is 10.8 Å². The molecule has 0 aromatic carbocycles. The third kappa shape index (κ3) is 1.75. The average Bonchev–Trinajstić information content (AvgIpc) is 2.70. The number of aromatic nitrogens is 2. The van der Waals surface area contributed by atoms with Crippen molar-refractivity contribution in [3.05, 3.63) is 35.8 Å². The highest BCUT2D eigenvalue weighted by Crippen LogP contribution is 2.24. The maximum absolute atomic E-state index is 10.7. The van der Waals surface area contributed by atoms with Crippen LogP contribution in [0.15, 0.2) is 24.5 Å². The SMILES string of the molecule is Cc1cnc(N)cc1-c1c[nH]c(C(=O)O)c1. The number of rotatable bonds is 2. The first-order valence-electron chi connectivity index (χ1n) is 4.72.